The normalized spacial score (nSPS) is 9.91. The molecule has 0 aromatic carbocycles. The Hall–Kier alpha value is -1.82. The molecule has 1 aromatic rings. The van der Waals surface area contributed by atoms with Crippen molar-refractivity contribution in [1.29, 1.82) is 0 Å². The van der Waals surface area contributed by atoms with E-state index in [0.29, 0.717) is 6.61 Å². The van der Waals surface area contributed by atoms with Gasteiger partial charge in [-0.2, -0.15) is 0 Å². The lowest BCUT2D eigenvalue weighted by atomic mass is 10.1. The molecule has 0 radical (unpaired) electrons. The molecule has 0 saturated heterocycles. The molecule has 0 aliphatic heterocycles. The van der Waals surface area contributed by atoms with E-state index in [1.165, 1.54) is 44.9 Å². The summed E-state index contributed by atoms with van der Waals surface area (Å²) in [5.74, 6) is -3.24. The van der Waals surface area contributed by atoms with Crippen LogP contribution >= 0.6 is 0 Å². The van der Waals surface area contributed by atoms with E-state index in [1.54, 1.807) is 0 Å². The molecule has 3 N–H and O–H groups in total. The van der Waals surface area contributed by atoms with Crippen LogP contribution in [-0.2, 0) is 0 Å². The molecule has 0 aliphatic carbocycles. The van der Waals surface area contributed by atoms with E-state index in [1.807, 2.05) is 0 Å². The number of furan rings is 1. The molecule has 6 nitrogen and oxygen atoms in total. The largest absolute Gasteiger partial charge is 0.478 e. The van der Waals surface area contributed by atoms with Gasteiger partial charge < -0.3 is 19.7 Å². The summed E-state index contributed by atoms with van der Waals surface area (Å²) in [7, 11) is 0. The van der Waals surface area contributed by atoms with Gasteiger partial charge >= 0.3 is 11.9 Å². The number of carboxylic acid groups (broad SMARTS) is 2. The molecular formula is C16H26O6. The van der Waals surface area contributed by atoms with Crippen LogP contribution in [0.1, 0.15) is 79.2 Å². The Labute approximate surface area is 130 Å². The molecule has 0 fully saturated rings. The molecule has 1 aromatic heterocycles. The molecule has 6 heteroatoms. The van der Waals surface area contributed by atoms with Crippen molar-refractivity contribution in [3.63, 3.8) is 0 Å². The first kappa shape index (κ1) is 20.2. The van der Waals surface area contributed by atoms with Gasteiger partial charge in [-0.1, -0.05) is 51.9 Å². The first-order chi connectivity index (χ1) is 10.5. The van der Waals surface area contributed by atoms with E-state index in [9.17, 15) is 9.59 Å². The molecule has 126 valence electrons. The summed E-state index contributed by atoms with van der Waals surface area (Å²) in [6.45, 7) is 2.61. The molecular weight excluding hydrogens is 288 g/mol. The number of carbonyl (C=O) groups is 2. The third kappa shape index (κ3) is 9.18. The van der Waals surface area contributed by atoms with E-state index < -0.39 is 17.7 Å². The topological polar surface area (TPSA) is 108 Å². The van der Waals surface area contributed by atoms with Crippen molar-refractivity contribution in [1.82, 2.24) is 0 Å². The number of aromatic carboxylic acids is 2. The highest BCUT2D eigenvalue weighted by molar-refractivity contribution is 5.99. The maximum Gasteiger partial charge on any atom is 0.372 e. The van der Waals surface area contributed by atoms with Crippen LogP contribution in [0.15, 0.2) is 16.7 Å². The number of unbranched alkanes of at least 4 members (excludes halogenated alkanes) is 7. The summed E-state index contributed by atoms with van der Waals surface area (Å²) in [5.41, 5.74) is -0.336. The van der Waals surface area contributed by atoms with Gasteiger partial charge in [-0.3, -0.25) is 0 Å². The van der Waals surface area contributed by atoms with Crippen LogP contribution in [0.2, 0.25) is 0 Å². The second kappa shape index (κ2) is 12.9. The highest BCUT2D eigenvalue weighted by Gasteiger charge is 2.18. The number of aliphatic hydroxyl groups excluding tert-OH is 1. The van der Waals surface area contributed by atoms with Crippen molar-refractivity contribution in [3.05, 3.63) is 23.7 Å². The van der Waals surface area contributed by atoms with Gasteiger partial charge in [0.2, 0.25) is 5.76 Å². The highest BCUT2D eigenvalue weighted by Crippen LogP contribution is 2.09. The van der Waals surface area contributed by atoms with Crippen LogP contribution < -0.4 is 0 Å². The number of aliphatic hydroxyl groups is 1. The molecule has 1 rings (SSSR count). The van der Waals surface area contributed by atoms with Crippen LogP contribution in [0.5, 0.6) is 0 Å². The van der Waals surface area contributed by atoms with E-state index in [0.717, 1.165) is 18.8 Å². The summed E-state index contributed by atoms with van der Waals surface area (Å²) in [6.07, 6.45) is 11.4. The van der Waals surface area contributed by atoms with Crippen LogP contribution in [0.3, 0.4) is 0 Å². The quantitative estimate of drug-likeness (QED) is 0.567. The average molecular weight is 314 g/mol. The average Bonchev–Trinajstić information content (AvgIpc) is 2.97. The maximum atomic E-state index is 10.3. The summed E-state index contributed by atoms with van der Waals surface area (Å²) >= 11 is 0. The van der Waals surface area contributed by atoms with Gasteiger partial charge in [0.15, 0.2) is 0 Å². The van der Waals surface area contributed by atoms with Gasteiger partial charge in [0.25, 0.3) is 0 Å². The molecule has 0 saturated carbocycles. The number of hydrogen-bond acceptors (Lipinski definition) is 4. The van der Waals surface area contributed by atoms with E-state index >= 15 is 0 Å². The highest BCUT2D eigenvalue weighted by atomic mass is 16.4. The van der Waals surface area contributed by atoms with E-state index in [4.69, 9.17) is 15.3 Å². The molecule has 0 aliphatic rings. The smallest absolute Gasteiger partial charge is 0.372 e. The minimum absolute atomic E-state index is 0.336. The predicted octanol–water partition coefficient (Wildman–Crippen LogP) is 3.80. The van der Waals surface area contributed by atoms with E-state index in [2.05, 4.69) is 11.3 Å². The Balaban J connectivity index is 0.000000401. The molecule has 0 bridgehead atoms. The van der Waals surface area contributed by atoms with Gasteiger partial charge in [0.05, 0.1) is 6.26 Å². The van der Waals surface area contributed by atoms with E-state index in [-0.39, 0.29) is 5.56 Å². The summed E-state index contributed by atoms with van der Waals surface area (Å²) < 4.78 is 4.41. The Kier molecular flexibility index (Phi) is 11.8. The van der Waals surface area contributed by atoms with Crippen molar-refractivity contribution >= 4 is 11.9 Å². The third-order valence-electron chi connectivity index (χ3n) is 3.10. The van der Waals surface area contributed by atoms with Crippen molar-refractivity contribution in [2.24, 2.45) is 0 Å². The third-order valence-corrected chi connectivity index (χ3v) is 3.10. The molecule has 22 heavy (non-hydrogen) atoms. The van der Waals surface area contributed by atoms with Gasteiger partial charge in [-0.25, -0.2) is 9.59 Å². The summed E-state index contributed by atoms with van der Waals surface area (Å²) in [6, 6.07) is 1.09. The minimum Gasteiger partial charge on any atom is -0.478 e. The van der Waals surface area contributed by atoms with Crippen LogP contribution in [0.25, 0.3) is 0 Å². The zero-order valence-electron chi connectivity index (χ0n) is 13.1. The predicted molar refractivity (Wildman–Crippen MR) is 82.3 cm³/mol. The Bertz CT molecular complexity index is 388. The zero-order valence-corrected chi connectivity index (χ0v) is 13.1. The van der Waals surface area contributed by atoms with Crippen LogP contribution in [0.4, 0.5) is 0 Å². The van der Waals surface area contributed by atoms with Crippen molar-refractivity contribution in [3.8, 4) is 0 Å². The van der Waals surface area contributed by atoms with Crippen molar-refractivity contribution < 1.29 is 29.3 Å². The lowest BCUT2D eigenvalue weighted by Crippen LogP contribution is -2.03. The van der Waals surface area contributed by atoms with Crippen LogP contribution in [0, 0.1) is 0 Å². The first-order valence-corrected chi connectivity index (χ1v) is 7.69. The molecule has 0 unspecified atom stereocenters. The lowest BCUT2D eigenvalue weighted by molar-refractivity contribution is 0.0626. The minimum atomic E-state index is -1.38. The second-order valence-electron chi connectivity index (χ2n) is 4.97. The van der Waals surface area contributed by atoms with Crippen molar-refractivity contribution in [2.75, 3.05) is 6.61 Å². The fourth-order valence-electron chi connectivity index (χ4n) is 1.89. The van der Waals surface area contributed by atoms with Crippen molar-refractivity contribution in [2.45, 2.75) is 58.3 Å². The summed E-state index contributed by atoms with van der Waals surface area (Å²) in [4.78, 5) is 20.5. The summed E-state index contributed by atoms with van der Waals surface area (Å²) in [5, 5.41) is 25.2. The molecule has 0 spiro atoms. The number of rotatable bonds is 10. The Morgan fingerprint density at radius 1 is 0.955 bits per heavy atom. The van der Waals surface area contributed by atoms with Gasteiger partial charge in [-0.15, -0.1) is 0 Å². The number of hydrogen-bond donors (Lipinski definition) is 3. The van der Waals surface area contributed by atoms with Crippen LogP contribution in [-0.4, -0.2) is 33.9 Å². The number of carboxylic acids is 2. The Morgan fingerprint density at radius 2 is 1.50 bits per heavy atom. The molecule has 0 amide bonds. The van der Waals surface area contributed by atoms with Gasteiger partial charge in [0.1, 0.15) is 5.56 Å². The fraction of sp³-hybridized carbons (Fsp3) is 0.625. The monoisotopic (exact) mass is 314 g/mol. The SMILES string of the molecule is CCCCCCCCCCO.O=C(O)c1ccoc1C(=O)O. The van der Waals surface area contributed by atoms with Gasteiger partial charge in [0, 0.05) is 6.61 Å². The second-order valence-corrected chi connectivity index (χ2v) is 4.97. The first-order valence-electron chi connectivity index (χ1n) is 7.69. The lowest BCUT2D eigenvalue weighted by Gasteiger charge is -1.98. The standard InChI is InChI=1S/C10H22O.C6H4O5/c1-2-3-4-5-6-7-8-9-10-11;7-5(8)3-1-2-11-4(3)6(9)10/h11H,2-10H2,1H3;1-2H,(H,7,8)(H,9,10). The Morgan fingerprint density at radius 3 is 1.91 bits per heavy atom. The molecule has 1 heterocycles. The maximum absolute atomic E-state index is 10.3. The van der Waals surface area contributed by atoms with Gasteiger partial charge in [-0.05, 0) is 12.5 Å². The molecule has 0 atom stereocenters. The fourth-order valence-corrected chi connectivity index (χ4v) is 1.89. The zero-order chi connectivity index (χ0) is 16.8.